The first-order chi connectivity index (χ1) is 32.2. The van der Waals surface area contributed by atoms with Crippen molar-refractivity contribution in [2.75, 3.05) is 85.6 Å². The van der Waals surface area contributed by atoms with Crippen LogP contribution in [0.1, 0.15) is 103 Å². The molecule has 4 fully saturated rings. The number of hydrogen-bond donors (Lipinski definition) is 5. The number of carbonyl (C=O) groups excluding carboxylic acids is 1. The standard InChI is InChI=1S/C24H34ClN7O2.C23H34ClN7O/c1-31(19-11-13-32(16-33)14-12-19)24-29-22(26-17-7-5-3-4-6-8-17)28-23(30-24)27-18-9-10-21(34-2)20(25)15-18;1-31(18-11-13-25-14-12-18)23-29-21(26-16-7-5-3-4-6-8-16)28-22(30-23)27-17-9-10-20(32-2)19(24)15-17/h9-10,15-17,19H,3-8,11-14H2,1-2H3,(H2,26,27,28,29,30);9-10,15-16,18,25H,3-8,11-14H2,1-2H3,(H2,26,27,28,29,30). The molecule has 2 aliphatic heterocycles. The minimum Gasteiger partial charge on any atom is -0.495 e. The number of piperidine rings is 2. The first kappa shape index (κ1) is 48.8. The van der Waals surface area contributed by atoms with Crippen molar-refractivity contribution < 1.29 is 14.3 Å². The smallest absolute Gasteiger partial charge is 0.233 e. The number of likely N-dealkylation sites (tertiary alicyclic amines) is 1. The van der Waals surface area contributed by atoms with E-state index in [1.807, 2.05) is 42.3 Å². The maximum atomic E-state index is 11.1. The van der Waals surface area contributed by atoms with Crippen LogP contribution in [0.5, 0.6) is 11.5 Å². The Morgan fingerprint density at radius 2 is 1.00 bits per heavy atom. The van der Waals surface area contributed by atoms with Crippen molar-refractivity contribution in [3.8, 4) is 11.5 Å². The first-order valence-electron chi connectivity index (χ1n) is 23.8. The van der Waals surface area contributed by atoms with Gasteiger partial charge in [0, 0.05) is 62.7 Å². The molecule has 17 nitrogen and oxygen atoms in total. The summed E-state index contributed by atoms with van der Waals surface area (Å²) in [6.07, 6.45) is 19.5. The van der Waals surface area contributed by atoms with Gasteiger partial charge in [0.25, 0.3) is 0 Å². The van der Waals surface area contributed by atoms with Gasteiger partial charge in [-0.25, -0.2) is 0 Å². The maximum Gasteiger partial charge on any atom is 0.233 e. The van der Waals surface area contributed by atoms with E-state index in [0.717, 1.165) is 95.3 Å². The van der Waals surface area contributed by atoms with Crippen LogP contribution in [0, 0.1) is 0 Å². The Balaban J connectivity index is 0.000000197. The lowest BCUT2D eigenvalue weighted by Crippen LogP contribution is -2.43. The van der Waals surface area contributed by atoms with Gasteiger partial charge < -0.3 is 50.8 Å². The van der Waals surface area contributed by atoms with Crippen molar-refractivity contribution in [3.05, 3.63) is 46.4 Å². The predicted molar refractivity (Wildman–Crippen MR) is 266 cm³/mol. The third-order valence-corrected chi connectivity index (χ3v) is 13.7. The Bertz CT molecular complexity index is 2140. The molecule has 19 heteroatoms. The number of hydrogen-bond acceptors (Lipinski definition) is 16. The molecule has 0 bridgehead atoms. The van der Waals surface area contributed by atoms with Gasteiger partial charge in [-0.3, -0.25) is 4.79 Å². The molecule has 2 aliphatic carbocycles. The SMILES string of the molecule is COc1ccc(Nc2nc(NC3CCCCCC3)nc(N(C)C3CCN(C=O)CC3)n2)cc1Cl.COc1ccc(Nc2nc(NC3CCCCCC3)nc(N(C)C3CCNCC3)n2)cc1Cl. The van der Waals surface area contributed by atoms with Crippen molar-refractivity contribution in [1.82, 2.24) is 40.1 Å². The Morgan fingerprint density at radius 3 is 1.39 bits per heavy atom. The molecule has 0 radical (unpaired) electrons. The van der Waals surface area contributed by atoms with E-state index in [0.29, 0.717) is 75.4 Å². The summed E-state index contributed by atoms with van der Waals surface area (Å²) in [5, 5.41) is 18.2. The van der Waals surface area contributed by atoms with Crippen LogP contribution in [0.4, 0.5) is 47.1 Å². The monoisotopic (exact) mass is 946 g/mol. The summed E-state index contributed by atoms with van der Waals surface area (Å²) in [6, 6.07) is 12.5. The van der Waals surface area contributed by atoms with Crippen LogP contribution in [0.25, 0.3) is 0 Å². The molecule has 358 valence electrons. The highest BCUT2D eigenvalue weighted by Crippen LogP contribution is 2.32. The number of aromatic nitrogens is 6. The van der Waals surface area contributed by atoms with Gasteiger partial charge in [0.1, 0.15) is 11.5 Å². The van der Waals surface area contributed by atoms with Gasteiger partial charge in [-0.2, -0.15) is 29.9 Å². The summed E-state index contributed by atoms with van der Waals surface area (Å²) in [7, 11) is 7.29. The van der Waals surface area contributed by atoms with Crippen molar-refractivity contribution in [2.24, 2.45) is 0 Å². The Hall–Kier alpha value is -5.13. The third kappa shape index (κ3) is 14.0. The van der Waals surface area contributed by atoms with E-state index in [-0.39, 0.29) is 6.04 Å². The fourth-order valence-electron chi connectivity index (χ4n) is 9.14. The fraction of sp³-hybridized carbons (Fsp3) is 0.596. The number of nitrogens with one attached hydrogen (secondary N) is 5. The van der Waals surface area contributed by atoms with Gasteiger partial charge in [0.15, 0.2) is 0 Å². The van der Waals surface area contributed by atoms with E-state index < -0.39 is 0 Å². The maximum absolute atomic E-state index is 11.1. The number of rotatable bonds is 15. The van der Waals surface area contributed by atoms with Gasteiger partial charge in [-0.1, -0.05) is 74.6 Å². The summed E-state index contributed by atoms with van der Waals surface area (Å²) in [4.78, 5) is 45.6. The average Bonchev–Trinajstić information content (AvgIpc) is 3.77. The summed E-state index contributed by atoms with van der Waals surface area (Å²) >= 11 is 12.6. The molecule has 2 aromatic heterocycles. The highest BCUT2D eigenvalue weighted by atomic mass is 35.5. The van der Waals surface area contributed by atoms with Crippen LogP contribution < -0.4 is 45.9 Å². The number of nitrogens with zero attached hydrogens (tertiary/aromatic N) is 9. The highest BCUT2D eigenvalue weighted by Gasteiger charge is 2.26. The lowest BCUT2D eigenvalue weighted by Gasteiger charge is -2.35. The minimum atomic E-state index is 0.257. The molecule has 0 spiro atoms. The Kier molecular flexibility index (Phi) is 18.2. The highest BCUT2D eigenvalue weighted by molar-refractivity contribution is 6.32. The van der Waals surface area contributed by atoms with Crippen LogP contribution >= 0.6 is 23.2 Å². The van der Waals surface area contributed by atoms with Crippen molar-refractivity contribution in [3.63, 3.8) is 0 Å². The molecule has 4 aromatic rings. The second-order valence-electron chi connectivity index (χ2n) is 17.8. The van der Waals surface area contributed by atoms with Crippen molar-refractivity contribution in [1.29, 1.82) is 0 Å². The third-order valence-electron chi connectivity index (χ3n) is 13.1. The van der Waals surface area contributed by atoms with Gasteiger partial charge in [-0.05, 0) is 101 Å². The molecule has 4 aliphatic rings. The van der Waals surface area contributed by atoms with Gasteiger partial charge in [0.05, 0.1) is 24.3 Å². The lowest BCUT2D eigenvalue weighted by molar-refractivity contribution is -0.119. The largest absolute Gasteiger partial charge is 0.495 e. The molecule has 8 rings (SSSR count). The molecule has 66 heavy (non-hydrogen) atoms. The fourth-order valence-corrected chi connectivity index (χ4v) is 9.66. The predicted octanol–water partition coefficient (Wildman–Crippen LogP) is 9.07. The van der Waals surface area contributed by atoms with E-state index in [1.54, 1.807) is 20.3 Å². The van der Waals surface area contributed by atoms with Crippen LogP contribution in [-0.4, -0.2) is 120 Å². The zero-order valence-corrected chi connectivity index (χ0v) is 40.5. The molecule has 2 saturated heterocycles. The minimum absolute atomic E-state index is 0.257. The van der Waals surface area contributed by atoms with Crippen LogP contribution in [-0.2, 0) is 4.79 Å². The van der Waals surface area contributed by atoms with Crippen LogP contribution in [0.3, 0.4) is 0 Å². The van der Waals surface area contributed by atoms with Crippen LogP contribution in [0.15, 0.2) is 36.4 Å². The normalized spacial score (nSPS) is 17.9. The van der Waals surface area contributed by atoms with E-state index in [9.17, 15) is 4.79 Å². The molecule has 2 saturated carbocycles. The molecule has 5 N–H and O–H groups in total. The first-order valence-corrected chi connectivity index (χ1v) is 24.6. The Morgan fingerprint density at radius 1 is 0.591 bits per heavy atom. The second kappa shape index (κ2) is 24.6. The molecule has 1 amide bonds. The number of anilines is 8. The van der Waals surface area contributed by atoms with E-state index in [1.165, 1.54) is 51.4 Å². The summed E-state index contributed by atoms with van der Waals surface area (Å²) in [5.74, 6) is 4.71. The van der Waals surface area contributed by atoms with E-state index >= 15 is 0 Å². The number of benzene rings is 2. The van der Waals surface area contributed by atoms with Crippen molar-refractivity contribution in [2.45, 2.75) is 127 Å². The van der Waals surface area contributed by atoms with Crippen LogP contribution in [0.2, 0.25) is 10.0 Å². The van der Waals surface area contributed by atoms with Crippen molar-refractivity contribution >= 4 is 76.7 Å². The molecular weight excluding hydrogens is 880 g/mol. The molecule has 2 aromatic carbocycles. The zero-order chi connectivity index (χ0) is 46.3. The number of amides is 1. The summed E-state index contributed by atoms with van der Waals surface area (Å²) in [5.41, 5.74) is 1.57. The van der Waals surface area contributed by atoms with Gasteiger partial charge >= 0.3 is 0 Å². The number of methoxy groups -OCH3 is 2. The van der Waals surface area contributed by atoms with Gasteiger partial charge in [0.2, 0.25) is 42.1 Å². The number of carbonyl (C=O) groups is 1. The average molecular weight is 948 g/mol. The van der Waals surface area contributed by atoms with E-state index in [4.69, 9.17) is 57.6 Å². The molecule has 0 atom stereocenters. The molecular formula is C47H68Cl2N14O3. The quantitative estimate of drug-likeness (QED) is 0.0562. The number of halogens is 2. The summed E-state index contributed by atoms with van der Waals surface area (Å²) in [6.45, 7) is 3.52. The van der Waals surface area contributed by atoms with E-state index in [2.05, 4.69) is 48.4 Å². The topological polar surface area (TPSA) is 183 Å². The molecule has 4 heterocycles. The zero-order valence-electron chi connectivity index (χ0n) is 39.0. The lowest BCUT2D eigenvalue weighted by atomic mass is 10.0. The molecule has 0 unspecified atom stereocenters. The Labute approximate surface area is 400 Å². The number of ether oxygens (including phenoxy) is 2. The summed E-state index contributed by atoms with van der Waals surface area (Å²) < 4.78 is 10.5. The second-order valence-corrected chi connectivity index (χ2v) is 18.6. The van der Waals surface area contributed by atoms with Gasteiger partial charge in [-0.15, -0.1) is 0 Å².